The van der Waals surface area contributed by atoms with E-state index in [-0.39, 0.29) is 36.4 Å². The Labute approximate surface area is 269 Å². The molecule has 0 unspecified atom stereocenters. The van der Waals surface area contributed by atoms with E-state index in [1.54, 1.807) is 24.3 Å². The molecule has 3 saturated carbocycles. The maximum absolute atomic E-state index is 13.9. The highest BCUT2D eigenvalue weighted by atomic mass is 16.6. The van der Waals surface area contributed by atoms with Crippen molar-refractivity contribution in [3.8, 4) is 0 Å². The summed E-state index contributed by atoms with van der Waals surface area (Å²) in [6.45, 7) is 5.04. The number of aliphatic carboxylic acids is 1. The van der Waals surface area contributed by atoms with Crippen LogP contribution in [0.25, 0.3) is 0 Å². The topological polar surface area (TPSA) is 153 Å². The number of hydrogen-bond acceptors (Lipinski definition) is 8. The maximum atomic E-state index is 13.9. The molecule has 1 aromatic rings. The fourth-order valence-electron chi connectivity index (χ4n) is 9.35. The highest BCUT2D eigenvalue weighted by Crippen LogP contribution is 2.68. The number of esters is 2. The first-order chi connectivity index (χ1) is 21.8. The van der Waals surface area contributed by atoms with Gasteiger partial charge >= 0.3 is 17.9 Å². The Kier molecular flexibility index (Phi) is 9.57. The summed E-state index contributed by atoms with van der Waals surface area (Å²) in [5.74, 6) is -2.53. The summed E-state index contributed by atoms with van der Waals surface area (Å²) in [4.78, 5) is 75.4. The lowest BCUT2D eigenvalue weighted by molar-refractivity contribution is -0.191. The van der Waals surface area contributed by atoms with Gasteiger partial charge in [-0.1, -0.05) is 49.8 Å². The third-order valence-corrected chi connectivity index (χ3v) is 11.7. The van der Waals surface area contributed by atoms with Crippen molar-refractivity contribution in [2.24, 2.45) is 28.6 Å². The Hall–Kier alpha value is -3.82. The standard InChI is InChI=1S/C36H45NO9/c1-22(38)46-36(18-15-28-26-10-9-24-20-25(39)13-16-34(24,2)27(26)14-17-35(28,36)3)30(40)21-45-32(42)12-11-31(41)37-29(33(43)44)19-23-7-5-4-6-8-23/h4-8,20,26-29H,9-19,21H2,1-3H3,(H,37,41)(H,43,44)/t26-,27-,28+,29+,34-,35-,36-/m0/s1. The summed E-state index contributed by atoms with van der Waals surface area (Å²) in [7, 11) is 0. The molecule has 0 aliphatic heterocycles. The molecule has 4 aliphatic rings. The van der Waals surface area contributed by atoms with Crippen LogP contribution in [0.3, 0.4) is 0 Å². The van der Waals surface area contributed by atoms with Gasteiger partial charge in [0.15, 0.2) is 18.0 Å². The number of ketones is 2. The molecule has 0 radical (unpaired) electrons. The number of Topliss-reactive ketones (excluding diaryl/α,β-unsaturated/α-hetero) is 1. The molecule has 10 nitrogen and oxygen atoms in total. The minimum absolute atomic E-state index is 0.0390. The van der Waals surface area contributed by atoms with Gasteiger partial charge in [0.2, 0.25) is 11.7 Å². The zero-order valence-corrected chi connectivity index (χ0v) is 27.0. The minimum atomic E-state index is -1.42. The molecule has 1 aromatic carbocycles. The lowest BCUT2D eigenvalue weighted by Crippen LogP contribution is -2.59. The van der Waals surface area contributed by atoms with Crippen LogP contribution in [0.5, 0.6) is 0 Å². The van der Waals surface area contributed by atoms with Gasteiger partial charge in [0.25, 0.3) is 0 Å². The van der Waals surface area contributed by atoms with Crippen molar-refractivity contribution < 1.29 is 43.3 Å². The number of amides is 1. The highest BCUT2D eigenvalue weighted by molar-refractivity contribution is 5.94. The molecule has 1 amide bonds. The van der Waals surface area contributed by atoms with E-state index >= 15 is 0 Å². The first kappa shape index (κ1) is 33.5. The van der Waals surface area contributed by atoms with Gasteiger partial charge in [0.05, 0.1) is 6.42 Å². The first-order valence-electron chi connectivity index (χ1n) is 16.5. The number of fused-ring (bicyclic) bond motifs is 5. The summed E-state index contributed by atoms with van der Waals surface area (Å²) in [5.41, 5.74) is -0.0868. The molecule has 0 heterocycles. The van der Waals surface area contributed by atoms with Crippen LogP contribution < -0.4 is 5.32 Å². The monoisotopic (exact) mass is 635 g/mol. The zero-order chi connectivity index (χ0) is 33.3. The van der Waals surface area contributed by atoms with Gasteiger partial charge < -0.3 is 19.9 Å². The van der Waals surface area contributed by atoms with Crippen molar-refractivity contribution in [2.45, 2.75) is 103 Å². The molecule has 0 spiro atoms. The summed E-state index contributed by atoms with van der Waals surface area (Å²) in [5, 5.41) is 12.0. The van der Waals surface area contributed by atoms with Crippen LogP contribution in [0, 0.1) is 28.6 Å². The van der Waals surface area contributed by atoms with Gasteiger partial charge in [-0.2, -0.15) is 0 Å². The summed E-state index contributed by atoms with van der Waals surface area (Å²) in [6, 6.07) is 7.74. The van der Waals surface area contributed by atoms with E-state index in [4.69, 9.17) is 9.47 Å². The molecule has 4 aliphatic carbocycles. The van der Waals surface area contributed by atoms with Gasteiger partial charge in [0, 0.05) is 31.6 Å². The van der Waals surface area contributed by atoms with E-state index in [9.17, 15) is 33.9 Å². The Morgan fingerprint density at radius 2 is 1.67 bits per heavy atom. The number of rotatable bonds is 11. The van der Waals surface area contributed by atoms with Crippen LogP contribution in [-0.2, 0) is 44.7 Å². The maximum Gasteiger partial charge on any atom is 0.326 e. The summed E-state index contributed by atoms with van der Waals surface area (Å²) in [6.07, 6.45) is 7.10. The van der Waals surface area contributed by atoms with Crippen LogP contribution in [-0.4, -0.2) is 58.7 Å². The Balaban J connectivity index is 1.21. The number of ether oxygens (including phenoxy) is 2. The molecule has 0 aromatic heterocycles. The lowest BCUT2D eigenvalue weighted by atomic mass is 9.46. The number of carboxylic acid groups (broad SMARTS) is 1. The van der Waals surface area contributed by atoms with Gasteiger partial charge in [-0.25, -0.2) is 4.79 Å². The van der Waals surface area contributed by atoms with Crippen molar-refractivity contribution in [3.05, 3.63) is 47.5 Å². The van der Waals surface area contributed by atoms with E-state index in [1.165, 1.54) is 12.5 Å². The lowest BCUT2D eigenvalue weighted by Gasteiger charge is -2.59. The Morgan fingerprint density at radius 3 is 2.37 bits per heavy atom. The smallest absolute Gasteiger partial charge is 0.326 e. The normalized spacial score (nSPS) is 32.1. The van der Waals surface area contributed by atoms with Crippen molar-refractivity contribution >= 4 is 35.4 Å². The second-order valence-electron chi connectivity index (χ2n) is 14.1. The number of carbonyl (C=O) groups excluding carboxylic acids is 5. The number of nitrogens with one attached hydrogen (secondary N) is 1. The van der Waals surface area contributed by atoms with Gasteiger partial charge in [0.1, 0.15) is 6.04 Å². The van der Waals surface area contributed by atoms with Crippen LogP contribution in [0.4, 0.5) is 0 Å². The average Bonchev–Trinajstić information content (AvgIpc) is 3.31. The summed E-state index contributed by atoms with van der Waals surface area (Å²) < 4.78 is 11.3. The summed E-state index contributed by atoms with van der Waals surface area (Å²) >= 11 is 0. The van der Waals surface area contributed by atoms with E-state index in [1.807, 2.05) is 19.1 Å². The quantitative estimate of drug-likeness (QED) is 0.334. The predicted molar refractivity (Wildman–Crippen MR) is 166 cm³/mol. The van der Waals surface area contributed by atoms with Crippen LogP contribution in [0.2, 0.25) is 0 Å². The SMILES string of the molecule is CC(=O)O[C@]1(C(=O)COC(=O)CCC(=O)N[C@H](Cc2ccccc2)C(=O)O)CC[C@@H]2[C@H]3CCC4=CC(=O)CC[C@]4(C)[C@H]3CC[C@@]21C. The zero-order valence-electron chi connectivity index (χ0n) is 27.0. The first-order valence-corrected chi connectivity index (χ1v) is 16.5. The number of carboxylic acids is 1. The molecular formula is C36H45NO9. The van der Waals surface area contributed by atoms with Crippen molar-refractivity contribution in [2.75, 3.05) is 6.61 Å². The van der Waals surface area contributed by atoms with E-state index in [0.29, 0.717) is 37.5 Å². The molecule has 5 rings (SSSR count). The fourth-order valence-corrected chi connectivity index (χ4v) is 9.35. The molecule has 248 valence electrons. The van der Waals surface area contributed by atoms with E-state index in [0.717, 1.165) is 31.2 Å². The highest BCUT2D eigenvalue weighted by Gasteiger charge is 2.68. The van der Waals surface area contributed by atoms with E-state index in [2.05, 4.69) is 12.2 Å². The Bertz CT molecular complexity index is 1440. The fraction of sp³-hybridized carbons (Fsp3) is 0.611. The van der Waals surface area contributed by atoms with Gasteiger partial charge in [-0.3, -0.25) is 24.0 Å². The number of carbonyl (C=O) groups is 6. The largest absolute Gasteiger partial charge is 0.480 e. The molecular weight excluding hydrogens is 590 g/mol. The van der Waals surface area contributed by atoms with Gasteiger partial charge in [-0.05, 0) is 79.8 Å². The average molecular weight is 636 g/mol. The second kappa shape index (κ2) is 13.1. The van der Waals surface area contributed by atoms with Gasteiger partial charge in [-0.15, -0.1) is 0 Å². The third-order valence-electron chi connectivity index (χ3n) is 11.7. The number of benzene rings is 1. The van der Waals surface area contributed by atoms with Crippen molar-refractivity contribution in [3.63, 3.8) is 0 Å². The Morgan fingerprint density at radius 1 is 0.957 bits per heavy atom. The molecule has 7 atom stereocenters. The van der Waals surface area contributed by atoms with Crippen LogP contribution in [0.1, 0.15) is 90.5 Å². The predicted octanol–water partition coefficient (Wildman–Crippen LogP) is 4.52. The second-order valence-corrected chi connectivity index (χ2v) is 14.1. The molecule has 2 N–H and O–H groups in total. The van der Waals surface area contributed by atoms with Crippen LogP contribution >= 0.6 is 0 Å². The minimum Gasteiger partial charge on any atom is -0.480 e. The molecule has 0 saturated heterocycles. The van der Waals surface area contributed by atoms with Crippen molar-refractivity contribution in [1.82, 2.24) is 5.32 Å². The molecule has 3 fully saturated rings. The molecule has 46 heavy (non-hydrogen) atoms. The van der Waals surface area contributed by atoms with Crippen LogP contribution in [0.15, 0.2) is 42.0 Å². The third kappa shape index (κ3) is 6.27. The number of allylic oxidation sites excluding steroid dienone is 1. The molecule has 0 bridgehead atoms. The number of hydrogen-bond donors (Lipinski definition) is 2. The van der Waals surface area contributed by atoms with E-state index < -0.39 is 53.3 Å². The molecule has 10 heteroatoms. The van der Waals surface area contributed by atoms with Crippen molar-refractivity contribution in [1.29, 1.82) is 0 Å².